The lowest BCUT2D eigenvalue weighted by atomic mass is 9.62. The molecule has 12 heteroatoms. The predicted octanol–water partition coefficient (Wildman–Crippen LogP) is 6.69. The summed E-state index contributed by atoms with van der Waals surface area (Å²) in [5.41, 5.74) is 0.572. The SMILES string of the molecule is CCCCCC1(CCCCC)O[C@@H]2[C@H]3ON(Cc4ccc(C=CCc5ccccc5O)cc4)[C@H]4C(=O)OC(CC34C(=O)N[C@H](CO)CCC(=O)OC(C)(C)C)[C@@H]2O1. The van der Waals surface area contributed by atoms with E-state index in [4.69, 9.17) is 23.8 Å². The largest absolute Gasteiger partial charge is 0.508 e. The van der Waals surface area contributed by atoms with Crippen LogP contribution >= 0.6 is 0 Å². The number of esters is 2. The molecular formula is C45H62N2O10. The number of nitrogens with zero attached hydrogens (tertiary/aromatic N) is 1. The summed E-state index contributed by atoms with van der Waals surface area (Å²) < 4.78 is 25.5. The Kier molecular flexibility index (Phi) is 13.8. The minimum absolute atomic E-state index is 0.00444. The maximum Gasteiger partial charge on any atom is 0.327 e. The van der Waals surface area contributed by atoms with Crippen molar-refractivity contribution < 1.29 is 48.4 Å². The number of nitrogens with one attached hydrogen (secondary N) is 1. The van der Waals surface area contributed by atoms with Crippen LogP contribution in [0, 0.1) is 5.41 Å². The van der Waals surface area contributed by atoms with Crippen molar-refractivity contribution in [2.45, 2.75) is 166 Å². The van der Waals surface area contributed by atoms with E-state index in [1.807, 2.05) is 48.6 Å². The van der Waals surface area contributed by atoms with E-state index in [0.717, 1.165) is 55.2 Å². The molecule has 3 heterocycles. The molecule has 0 spiro atoms. The van der Waals surface area contributed by atoms with Gasteiger partial charge in [-0.25, -0.2) is 0 Å². The molecule has 6 rings (SSSR count). The predicted molar refractivity (Wildman–Crippen MR) is 213 cm³/mol. The van der Waals surface area contributed by atoms with Crippen LogP contribution in [0.3, 0.4) is 0 Å². The lowest BCUT2D eigenvalue weighted by Crippen LogP contribution is -2.70. The molecule has 12 nitrogen and oxygen atoms in total. The second-order valence-corrected chi connectivity index (χ2v) is 17.2. The van der Waals surface area contributed by atoms with Gasteiger partial charge in [-0.1, -0.05) is 94.1 Å². The van der Waals surface area contributed by atoms with Crippen LogP contribution in [0.4, 0.5) is 0 Å². The number of carbonyl (C=O) groups excluding carboxylic acids is 3. The van der Waals surface area contributed by atoms with Crippen LogP contribution in [0.15, 0.2) is 54.6 Å². The molecule has 2 unspecified atom stereocenters. The summed E-state index contributed by atoms with van der Waals surface area (Å²) >= 11 is 0. The molecule has 2 aromatic carbocycles. The Labute approximate surface area is 337 Å². The quantitative estimate of drug-likeness (QED) is 0.103. The number of ether oxygens (including phenoxy) is 4. The van der Waals surface area contributed by atoms with Crippen LogP contribution < -0.4 is 5.32 Å². The molecule has 2 aromatic rings. The van der Waals surface area contributed by atoms with E-state index >= 15 is 0 Å². The van der Waals surface area contributed by atoms with Crippen LogP contribution in [-0.2, 0) is 51.1 Å². The van der Waals surface area contributed by atoms with Crippen molar-refractivity contribution in [3.63, 3.8) is 0 Å². The molecule has 3 N–H and O–H groups in total. The van der Waals surface area contributed by atoms with Crippen molar-refractivity contribution in [2.75, 3.05) is 6.61 Å². The van der Waals surface area contributed by atoms with Gasteiger partial charge in [-0.15, -0.1) is 0 Å². The molecule has 4 aliphatic rings. The van der Waals surface area contributed by atoms with Gasteiger partial charge < -0.3 is 34.5 Å². The molecule has 3 saturated heterocycles. The zero-order chi connectivity index (χ0) is 40.8. The van der Waals surface area contributed by atoms with Crippen molar-refractivity contribution in [3.8, 4) is 5.75 Å². The first-order valence-corrected chi connectivity index (χ1v) is 21.0. The number of aliphatic hydroxyl groups is 1. The van der Waals surface area contributed by atoms with Gasteiger partial charge in [0.15, 0.2) is 11.8 Å². The van der Waals surface area contributed by atoms with Crippen molar-refractivity contribution in [1.82, 2.24) is 10.4 Å². The number of hydrogen-bond acceptors (Lipinski definition) is 11. The highest BCUT2D eigenvalue weighted by Crippen LogP contribution is 2.58. The zero-order valence-corrected chi connectivity index (χ0v) is 34.2. The summed E-state index contributed by atoms with van der Waals surface area (Å²) in [6.07, 6.45) is 9.26. The van der Waals surface area contributed by atoms with E-state index in [2.05, 4.69) is 19.2 Å². The Bertz CT molecular complexity index is 1710. The first kappa shape index (κ1) is 42.8. The smallest absolute Gasteiger partial charge is 0.327 e. The highest BCUT2D eigenvalue weighted by atomic mass is 16.8. The maximum atomic E-state index is 14.8. The normalized spacial score (nSPS) is 26.9. The number of hydrogen-bond donors (Lipinski definition) is 3. The van der Waals surface area contributed by atoms with Crippen LogP contribution in [0.25, 0.3) is 6.08 Å². The van der Waals surface area contributed by atoms with Crippen molar-refractivity contribution >= 4 is 23.9 Å². The number of benzene rings is 2. The highest BCUT2D eigenvalue weighted by Gasteiger charge is 2.76. The number of phenols is 1. The minimum Gasteiger partial charge on any atom is -0.508 e. The van der Waals surface area contributed by atoms with Gasteiger partial charge >= 0.3 is 11.9 Å². The lowest BCUT2D eigenvalue weighted by Gasteiger charge is -2.49. The summed E-state index contributed by atoms with van der Waals surface area (Å²) in [5.74, 6) is -2.09. The average Bonchev–Trinajstić information content (AvgIpc) is 3.72. The number of carbonyl (C=O) groups is 3. The van der Waals surface area contributed by atoms with Crippen molar-refractivity contribution in [3.05, 3.63) is 71.3 Å². The number of rotatable bonds is 19. The Morgan fingerprint density at radius 3 is 2.33 bits per heavy atom. The van der Waals surface area contributed by atoms with Gasteiger partial charge in [0, 0.05) is 25.7 Å². The second kappa shape index (κ2) is 18.4. The molecule has 0 aromatic heterocycles. The first-order valence-electron chi connectivity index (χ1n) is 21.0. The number of hydroxylamine groups is 2. The molecule has 1 amide bonds. The van der Waals surface area contributed by atoms with Gasteiger partial charge in [-0.05, 0) is 69.2 Å². The van der Waals surface area contributed by atoms with Gasteiger partial charge in [0.2, 0.25) is 5.91 Å². The maximum absolute atomic E-state index is 14.8. The van der Waals surface area contributed by atoms with Gasteiger partial charge in [-0.2, -0.15) is 5.06 Å². The summed E-state index contributed by atoms with van der Waals surface area (Å²) in [5, 5.41) is 25.1. The summed E-state index contributed by atoms with van der Waals surface area (Å²) in [7, 11) is 0. The molecule has 57 heavy (non-hydrogen) atoms. The summed E-state index contributed by atoms with van der Waals surface area (Å²) in [6.45, 7) is 9.45. The second-order valence-electron chi connectivity index (χ2n) is 17.2. The topological polar surface area (TPSA) is 153 Å². The Balaban J connectivity index is 1.26. The van der Waals surface area contributed by atoms with Crippen LogP contribution in [0.5, 0.6) is 5.75 Å². The number of allylic oxidation sites excluding steroid dienone is 1. The molecule has 2 bridgehead atoms. The molecule has 1 aliphatic carbocycles. The number of aliphatic hydroxyl groups excluding tert-OH is 1. The number of para-hydroxylation sites is 1. The molecule has 7 atom stereocenters. The summed E-state index contributed by atoms with van der Waals surface area (Å²) in [4.78, 5) is 48.4. The number of amides is 1. The number of unbranched alkanes of at least 4 members (excludes halogenated alkanes) is 4. The van der Waals surface area contributed by atoms with Crippen molar-refractivity contribution in [1.29, 1.82) is 0 Å². The van der Waals surface area contributed by atoms with Crippen molar-refractivity contribution in [2.24, 2.45) is 5.41 Å². The summed E-state index contributed by atoms with van der Waals surface area (Å²) in [6, 6.07) is 13.2. The third-order valence-corrected chi connectivity index (χ3v) is 11.6. The minimum atomic E-state index is -1.42. The number of aromatic hydroxyl groups is 1. The standard InChI is InChI=1S/C45H62N2O10/c1-6-8-12-25-44(26-13-9-7-2)55-37-35-27-45(42(52)46-33(29-48)23-24-36(50)54-43(3,4)5)39(41(51)53-35)47(57-40(45)38(37)56-44)28-31-21-19-30(20-22-31)15-14-17-32-16-10-11-18-34(32)49/h10-11,14-16,18-22,33,35,37-40,48-49H,6-9,12-13,17,23-29H2,1-5H3,(H,46,52)/t33-,35?,37-,38-,39-,40+,45?/m0/s1. The lowest BCUT2D eigenvalue weighted by molar-refractivity contribution is -0.224. The molecular weight excluding hydrogens is 728 g/mol. The van der Waals surface area contributed by atoms with Crippen LogP contribution in [0.2, 0.25) is 0 Å². The third kappa shape index (κ3) is 9.74. The fourth-order valence-electron chi connectivity index (χ4n) is 8.83. The monoisotopic (exact) mass is 790 g/mol. The Morgan fingerprint density at radius 2 is 1.68 bits per heavy atom. The molecule has 3 aliphatic heterocycles. The third-order valence-electron chi connectivity index (χ3n) is 11.6. The fraction of sp³-hybridized carbons (Fsp3) is 0.622. The first-order chi connectivity index (χ1) is 27.3. The average molecular weight is 791 g/mol. The molecule has 312 valence electrons. The van der Waals surface area contributed by atoms with Crippen LogP contribution in [-0.4, -0.2) is 87.6 Å². The van der Waals surface area contributed by atoms with E-state index in [0.29, 0.717) is 19.3 Å². The van der Waals surface area contributed by atoms with Gasteiger partial charge in [0.25, 0.3) is 0 Å². The van der Waals surface area contributed by atoms with E-state index in [1.54, 1.807) is 38.0 Å². The molecule has 4 fully saturated rings. The number of fused-ring (bicyclic) bond motifs is 4. The Hall–Kier alpha value is -3.81. The van der Waals surface area contributed by atoms with E-state index in [-0.39, 0.29) is 31.6 Å². The van der Waals surface area contributed by atoms with E-state index < -0.39 is 77.8 Å². The molecule has 0 radical (unpaired) electrons. The van der Waals surface area contributed by atoms with E-state index in [9.17, 15) is 24.6 Å². The molecule has 1 saturated carbocycles. The fourth-order valence-corrected chi connectivity index (χ4v) is 8.83. The Morgan fingerprint density at radius 1 is 1.00 bits per heavy atom. The van der Waals surface area contributed by atoms with Gasteiger partial charge in [0.1, 0.15) is 41.2 Å². The highest BCUT2D eigenvalue weighted by molar-refractivity contribution is 5.93. The van der Waals surface area contributed by atoms with Gasteiger partial charge in [-0.3, -0.25) is 19.2 Å². The van der Waals surface area contributed by atoms with Gasteiger partial charge in [0.05, 0.1) is 19.2 Å². The zero-order valence-electron chi connectivity index (χ0n) is 34.2. The van der Waals surface area contributed by atoms with Crippen LogP contribution in [0.1, 0.15) is 122 Å². The van der Waals surface area contributed by atoms with E-state index in [1.165, 1.54) is 0 Å². The number of phenolic OH excluding ortho intramolecular Hbond substituents is 1.